The molecule has 3 aromatic rings. The van der Waals surface area contributed by atoms with Crippen LogP contribution in [0.4, 0.5) is 0 Å². The number of nitrogens with two attached hydrogens (primary N) is 1. The maximum Gasteiger partial charge on any atom is 0.135 e. The number of hydrogen-bond donors (Lipinski definition) is 3. The fourth-order valence-corrected chi connectivity index (χ4v) is 2.67. The molecule has 17 heavy (non-hydrogen) atoms. The predicted octanol–water partition coefficient (Wildman–Crippen LogP) is 2.46. The van der Waals surface area contributed by atoms with Gasteiger partial charge in [0.05, 0.1) is 11.3 Å². The minimum atomic E-state index is 0.265. The second-order valence-electron chi connectivity index (χ2n) is 3.75. The normalized spacial score (nSPS) is 11.1. The third kappa shape index (κ3) is 1.60. The summed E-state index contributed by atoms with van der Waals surface area (Å²) in [7, 11) is 0. The van der Waals surface area contributed by atoms with E-state index in [1.807, 2.05) is 23.6 Å². The molecule has 1 aromatic carbocycles. The highest BCUT2D eigenvalue weighted by atomic mass is 32.1. The molecule has 0 aliphatic rings. The monoisotopic (exact) mass is 245 g/mol. The third-order valence-electron chi connectivity index (χ3n) is 2.70. The van der Waals surface area contributed by atoms with Crippen LogP contribution in [0.3, 0.4) is 0 Å². The van der Waals surface area contributed by atoms with E-state index >= 15 is 0 Å². The van der Waals surface area contributed by atoms with Crippen molar-refractivity contribution in [3.05, 3.63) is 35.5 Å². The highest BCUT2D eigenvalue weighted by Gasteiger charge is 2.12. The number of fused-ring (bicyclic) bond motifs is 1. The summed E-state index contributed by atoms with van der Waals surface area (Å²) < 4.78 is 0. The Labute approximate surface area is 102 Å². The van der Waals surface area contributed by atoms with Crippen molar-refractivity contribution in [1.29, 1.82) is 0 Å². The Morgan fingerprint density at radius 1 is 1.35 bits per heavy atom. The van der Waals surface area contributed by atoms with Crippen LogP contribution in [0.2, 0.25) is 0 Å². The van der Waals surface area contributed by atoms with Gasteiger partial charge in [0.2, 0.25) is 0 Å². The van der Waals surface area contributed by atoms with E-state index in [1.54, 1.807) is 6.20 Å². The Morgan fingerprint density at radius 3 is 3.00 bits per heavy atom. The first-order chi connectivity index (χ1) is 8.29. The zero-order valence-electron chi connectivity index (χ0n) is 8.97. The topological polar surface area (TPSA) is 74.9 Å². The van der Waals surface area contributed by atoms with Crippen molar-refractivity contribution in [1.82, 2.24) is 9.97 Å². The SMILES string of the molecule is NCc1csc(-c2ccc3[nH]ccc3c2O)n1. The number of aromatic hydroxyl groups is 1. The summed E-state index contributed by atoms with van der Waals surface area (Å²) in [6, 6.07) is 5.66. The summed E-state index contributed by atoms with van der Waals surface area (Å²) in [4.78, 5) is 7.43. The zero-order chi connectivity index (χ0) is 11.8. The van der Waals surface area contributed by atoms with Crippen LogP contribution in [0, 0.1) is 0 Å². The van der Waals surface area contributed by atoms with Gasteiger partial charge in [-0.2, -0.15) is 0 Å². The van der Waals surface area contributed by atoms with Crippen LogP contribution < -0.4 is 5.73 Å². The van der Waals surface area contributed by atoms with E-state index in [2.05, 4.69) is 9.97 Å². The lowest BCUT2D eigenvalue weighted by molar-refractivity contribution is 0.483. The molecule has 0 saturated heterocycles. The maximum atomic E-state index is 10.2. The summed E-state index contributed by atoms with van der Waals surface area (Å²) >= 11 is 1.49. The quantitative estimate of drug-likeness (QED) is 0.649. The number of phenols is 1. The summed E-state index contributed by atoms with van der Waals surface area (Å²) in [5, 5.41) is 13.7. The molecule has 4 nitrogen and oxygen atoms in total. The molecule has 2 aromatic heterocycles. The van der Waals surface area contributed by atoms with Gasteiger partial charge in [0.1, 0.15) is 10.8 Å². The molecule has 5 heteroatoms. The Kier molecular flexibility index (Phi) is 2.35. The lowest BCUT2D eigenvalue weighted by Gasteiger charge is -2.02. The second-order valence-corrected chi connectivity index (χ2v) is 4.61. The first-order valence-corrected chi connectivity index (χ1v) is 6.11. The number of thiazole rings is 1. The number of hydrogen-bond acceptors (Lipinski definition) is 4. The average molecular weight is 245 g/mol. The van der Waals surface area contributed by atoms with Crippen LogP contribution in [-0.4, -0.2) is 15.1 Å². The van der Waals surface area contributed by atoms with E-state index in [-0.39, 0.29) is 5.75 Å². The Balaban J connectivity index is 2.19. The molecule has 0 atom stereocenters. The first kappa shape index (κ1) is 10.3. The lowest BCUT2D eigenvalue weighted by atomic mass is 10.1. The Bertz CT molecular complexity index is 671. The predicted molar refractivity (Wildman–Crippen MR) is 69.0 cm³/mol. The van der Waals surface area contributed by atoms with Gasteiger partial charge in [-0.25, -0.2) is 4.98 Å². The molecule has 0 unspecified atom stereocenters. The van der Waals surface area contributed by atoms with Gasteiger partial charge in [0.25, 0.3) is 0 Å². The number of aromatic nitrogens is 2. The highest BCUT2D eigenvalue weighted by Crippen LogP contribution is 2.36. The molecule has 0 radical (unpaired) electrons. The number of phenolic OH excluding ortho intramolecular Hbond substituents is 1. The molecule has 0 aliphatic heterocycles. The molecule has 3 rings (SSSR count). The van der Waals surface area contributed by atoms with E-state index in [4.69, 9.17) is 5.73 Å². The fourth-order valence-electron chi connectivity index (χ4n) is 1.81. The molecule has 0 bridgehead atoms. The van der Waals surface area contributed by atoms with Crippen LogP contribution in [0.25, 0.3) is 21.5 Å². The average Bonchev–Trinajstić information content (AvgIpc) is 2.97. The van der Waals surface area contributed by atoms with Crippen molar-refractivity contribution in [2.24, 2.45) is 5.73 Å². The number of rotatable bonds is 2. The Morgan fingerprint density at radius 2 is 2.24 bits per heavy atom. The van der Waals surface area contributed by atoms with Gasteiger partial charge >= 0.3 is 0 Å². The smallest absolute Gasteiger partial charge is 0.135 e. The number of aromatic amines is 1. The second kappa shape index (κ2) is 3.87. The van der Waals surface area contributed by atoms with Crippen molar-refractivity contribution >= 4 is 22.2 Å². The summed E-state index contributed by atoms with van der Waals surface area (Å²) in [5.41, 5.74) is 8.05. The standard InChI is InChI=1S/C12H11N3OS/c13-5-7-6-17-12(15-7)9-1-2-10-8(11(9)16)3-4-14-10/h1-4,6,14,16H,5,13H2. The summed E-state index contributed by atoms with van der Waals surface area (Å²) in [5.74, 6) is 0.265. The van der Waals surface area contributed by atoms with Crippen LogP contribution in [0.1, 0.15) is 5.69 Å². The van der Waals surface area contributed by atoms with E-state index in [0.29, 0.717) is 6.54 Å². The minimum absolute atomic E-state index is 0.265. The molecule has 2 heterocycles. The summed E-state index contributed by atoms with van der Waals surface area (Å²) in [6.45, 7) is 0.420. The Hall–Kier alpha value is -1.85. The molecular weight excluding hydrogens is 234 g/mol. The number of nitrogens with zero attached hydrogens (tertiary/aromatic N) is 1. The van der Waals surface area contributed by atoms with Gasteiger partial charge in [-0.15, -0.1) is 11.3 Å². The number of benzene rings is 1. The van der Waals surface area contributed by atoms with Crippen molar-refractivity contribution in [2.75, 3.05) is 0 Å². The molecule has 0 spiro atoms. The third-order valence-corrected chi connectivity index (χ3v) is 3.62. The fraction of sp³-hybridized carbons (Fsp3) is 0.0833. The minimum Gasteiger partial charge on any atom is -0.507 e. The van der Waals surface area contributed by atoms with Crippen LogP contribution in [0.5, 0.6) is 5.75 Å². The highest BCUT2D eigenvalue weighted by molar-refractivity contribution is 7.13. The van der Waals surface area contributed by atoms with Gasteiger partial charge in [-0.3, -0.25) is 0 Å². The molecule has 0 saturated carbocycles. The van der Waals surface area contributed by atoms with Gasteiger partial charge in [-0.1, -0.05) is 0 Å². The molecule has 86 valence electrons. The van der Waals surface area contributed by atoms with Gasteiger partial charge in [0.15, 0.2) is 0 Å². The summed E-state index contributed by atoms with van der Waals surface area (Å²) in [6.07, 6.45) is 1.81. The van der Waals surface area contributed by atoms with Crippen molar-refractivity contribution in [3.8, 4) is 16.3 Å². The van der Waals surface area contributed by atoms with E-state index < -0.39 is 0 Å². The van der Waals surface area contributed by atoms with Crippen molar-refractivity contribution < 1.29 is 5.11 Å². The zero-order valence-corrected chi connectivity index (χ0v) is 9.79. The van der Waals surface area contributed by atoms with E-state index in [1.165, 1.54) is 11.3 Å². The first-order valence-electron chi connectivity index (χ1n) is 5.23. The molecule has 4 N–H and O–H groups in total. The van der Waals surface area contributed by atoms with Gasteiger partial charge in [0, 0.05) is 29.0 Å². The number of H-pyrrole nitrogens is 1. The molecular formula is C12H11N3OS. The van der Waals surface area contributed by atoms with Crippen LogP contribution in [-0.2, 0) is 6.54 Å². The molecule has 0 aliphatic carbocycles. The number of nitrogens with one attached hydrogen (secondary N) is 1. The molecule has 0 amide bonds. The van der Waals surface area contributed by atoms with Crippen molar-refractivity contribution in [2.45, 2.75) is 6.54 Å². The van der Waals surface area contributed by atoms with E-state index in [0.717, 1.165) is 27.2 Å². The molecule has 0 fully saturated rings. The van der Waals surface area contributed by atoms with Crippen LogP contribution >= 0.6 is 11.3 Å². The van der Waals surface area contributed by atoms with Gasteiger partial charge in [-0.05, 0) is 18.2 Å². The maximum absolute atomic E-state index is 10.2. The van der Waals surface area contributed by atoms with Crippen molar-refractivity contribution in [3.63, 3.8) is 0 Å². The van der Waals surface area contributed by atoms with Gasteiger partial charge < -0.3 is 15.8 Å². The van der Waals surface area contributed by atoms with Crippen LogP contribution in [0.15, 0.2) is 29.8 Å². The lowest BCUT2D eigenvalue weighted by Crippen LogP contribution is -1.95. The van der Waals surface area contributed by atoms with E-state index in [9.17, 15) is 5.11 Å². The largest absolute Gasteiger partial charge is 0.507 e.